The Balaban J connectivity index is 2.54. The minimum Gasteiger partial charge on any atom is -0.480 e. The molecule has 0 aliphatic heterocycles. The van der Waals surface area contributed by atoms with Crippen molar-refractivity contribution in [1.82, 2.24) is 0 Å². The maximum atomic E-state index is 11.7. The molecule has 0 bridgehead atoms. The van der Waals surface area contributed by atoms with Crippen LogP contribution in [0.4, 0.5) is 0 Å². The number of carbonyl (C=O) groups excluding carboxylic acids is 1. The molecule has 1 aromatic rings. The Kier molecular flexibility index (Phi) is 5.71. The molecule has 0 aliphatic rings. The molecule has 0 fully saturated rings. The van der Waals surface area contributed by atoms with Gasteiger partial charge in [-0.1, -0.05) is 44.2 Å². The molecule has 0 spiro atoms. The first-order valence-corrected chi connectivity index (χ1v) is 6.54. The average Bonchev–Trinajstić information content (AvgIpc) is 2.34. The highest BCUT2D eigenvalue weighted by Gasteiger charge is 2.29. The maximum Gasteiger partial charge on any atom is 0.330 e. The quantitative estimate of drug-likeness (QED) is 0.633. The van der Waals surface area contributed by atoms with Crippen LogP contribution in [0, 0.1) is 0 Å². The van der Waals surface area contributed by atoms with Gasteiger partial charge in [-0.05, 0) is 5.56 Å². The van der Waals surface area contributed by atoms with Gasteiger partial charge in [-0.2, -0.15) is 0 Å². The highest BCUT2D eigenvalue weighted by atomic mass is 32.2. The number of carboxylic acid groups (broad SMARTS) is 1. The minimum absolute atomic E-state index is 0.0513. The van der Waals surface area contributed by atoms with Crippen LogP contribution < -0.4 is 0 Å². The van der Waals surface area contributed by atoms with Gasteiger partial charge < -0.3 is 9.84 Å². The highest BCUT2D eigenvalue weighted by Crippen LogP contribution is 2.19. The van der Waals surface area contributed by atoms with E-state index in [0.29, 0.717) is 0 Å². The monoisotopic (exact) mass is 268 g/mol. The summed E-state index contributed by atoms with van der Waals surface area (Å²) in [5.41, 5.74) is 0.838. The van der Waals surface area contributed by atoms with Crippen LogP contribution in [0.2, 0.25) is 0 Å². The third-order valence-electron chi connectivity index (χ3n) is 2.07. The number of hydrogen-bond acceptors (Lipinski definition) is 4. The predicted molar refractivity (Wildman–Crippen MR) is 70.4 cm³/mol. The topological polar surface area (TPSA) is 63.6 Å². The summed E-state index contributed by atoms with van der Waals surface area (Å²) in [5, 5.41) is 7.86. The molecule has 5 heteroatoms. The molecule has 4 nitrogen and oxygen atoms in total. The third-order valence-corrected chi connectivity index (χ3v) is 3.28. The van der Waals surface area contributed by atoms with Gasteiger partial charge in [0.05, 0.1) is 0 Å². The summed E-state index contributed by atoms with van der Waals surface area (Å²) in [6.45, 7) is 3.78. The van der Waals surface area contributed by atoms with E-state index in [4.69, 9.17) is 9.84 Å². The Bertz CT molecular complexity index is 403. The van der Waals surface area contributed by atoms with E-state index in [9.17, 15) is 9.59 Å². The molecule has 0 heterocycles. The number of carboxylic acids is 1. The fourth-order valence-electron chi connectivity index (χ4n) is 1.29. The molecule has 0 saturated heterocycles. The van der Waals surface area contributed by atoms with E-state index >= 15 is 0 Å². The predicted octanol–water partition coefficient (Wildman–Crippen LogP) is 2.32. The molecule has 0 aliphatic carbocycles. The van der Waals surface area contributed by atoms with E-state index in [2.05, 4.69) is 0 Å². The SMILES string of the molecule is CC(C)SC(C(=O)O)C(=O)OCc1ccccc1. The molecular weight excluding hydrogens is 252 g/mol. The van der Waals surface area contributed by atoms with Crippen LogP contribution in [0.1, 0.15) is 19.4 Å². The fraction of sp³-hybridized carbons (Fsp3) is 0.385. The minimum atomic E-state index is -1.16. The molecule has 0 aromatic heterocycles. The summed E-state index contributed by atoms with van der Waals surface area (Å²) in [5.74, 6) is -1.86. The summed E-state index contributed by atoms with van der Waals surface area (Å²) in [6, 6.07) is 9.17. The van der Waals surface area contributed by atoms with Crippen LogP contribution in [0.15, 0.2) is 30.3 Å². The van der Waals surface area contributed by atoms with Gasteiger partial charge in [-0.15, -0.1) is 11.8 Å². The standard InChI is InChI=1S/C13H16O4S/c1-9(2)18-11(12(14)15)13(16)17-8-10-6-4-3-5-7-10/h3-7,9,11H,8H2,1-2H3,(H,14,15). The van der Waals surface area contributed by atoms with Crippen LogP contribution >= 0.6 is 11.8 Å². The first-order valence-electron chi connectivity index (χ1n) is 5.59. The zero-order chi connectivity index (χ0) is 13.5. The second kappa shape index (κ2) is 7.06. The third kappa shape index (κ3) is 4.79. The Morgan fingerprint density at radius 3 is 2.39 bits per heavy atom. The van der Waals surface area contributed by atoms with Crippen LogP contribution in [0.3, 0.4) is 0 Å². The van der Waals surface area contributed by atoms with Crippen molar-refractivity contribution >= 4 is 23.7 Å². The van der Waals surface area contributed by atoms with Crippen LogP contribution in [-0.4, -0.2) is 27.5 Å². The highest BCUT2D eigenvalue weighted by molar-refractivity contribution is 8.01. The number of ether oxygens (including phenoxy) is 1. The lowest BCUT2D eigenvalue weighted by atomic mass is 10.2. The fourth-order valence-corrected chi connectivity index (χ4v) is 2.13. The number of esters is 1. The zero-order valence-corrected chi connectivity index (χ0v) is 11.1. The number of rotatable bonds is 6. The van der Waals surface area contributed by atoms with Crippen molar-refractivity contribution in [1.29, 1.82) is 0 Å². The molecule has 98 valence electrons. The van der Waals surface area contributed by atoms with Gasteiger partial charge in [0.1, 0.15) is 6.61 Å². The smallest absolute Gasteiger partial charge is 0.330 e. The first-order chi connectivity index (χ1) is 8.50. The second-order valence-corrected chi connectivity index (χ2v) is 5.68. The Hall–Kier alpha value is -1.49. The van der Waals surface area contributed by atoms with E-state index in [1.807, 2.05) is 44.2 Å². The summed E-state index contributed by atoms with van der Waals surface area (Å²) < 4.78 is 5.01. The van der Waals surface area contributed by atoms with Crippen molar-refractivity contribution in [3.8, 4) is 0 Å². The van der Waals surface area contributed by atoms with E-state index < -0.39 is 17.2 Å². The molecular formula is C13H16O4S. The van der Waals surface area contributed by atoms with E-state index in [1.54, 1.807) is 0 Å². The van der Waals surface area contributed by atoms with E-state index in [0.717, 1.165) is 17.3 Å². The van der Waals surface area contributed by atoms with Gasteiger partial charge in [0.15, 0.2) is 5.25 Å². The number of hydrogen-bond donors (Lipinski definition) is 1. The van der Waals surface area contributed by atoms with Crippen LogP contribution in [-0.2, 0) is 20.9 Å². The summed E-state index contributed by atoms with van der Waals surface area (Å²) >= 11 is 1.08. The number of thioether (sulfide) groups is 1. The summed E-state index contributed by atoms with van der Waals surface area (Å²) in [6.07, 6.45) is 0. The van der Waals surface area contributed by atoms with Crippen molar-refractivity contribution in [2.24, 2.45) is 0 Å². The summed E-state index contributed by atoms with van der Waals surface area (Å²) in [4.78, 5) is 22.6. The second-order valence-electron chi connectivity index (χ2n) is 4.00. The van der Waals surface area contributed by atoms with Gasteiger partial charge in [-0.25, -0.2) is 0 Å². The Morgan fingerprint density at radius 1 is 1.28 bits per heavy atom. The van der Waals surface area contributed by atoms with Crippen LogP contribution in [0.5, 0.6) is 0 Å². The lowest BCUT2D eigenvalue weighted by Crippen LogP contribution is -2.30. The van der Waals surface area contributed by atoms with Crippen molar-refractivity contribution in [2.45, 2.75) is 31.0 Å². The van der Waals surface area contributed by atoms with Crippen molar-refractivity contribution in [2.75, 3.05) is 0 Å². The van der Waals surface area contributed by atoms with Crippen LogP contribution in [0.25, 0.3) is 0 Å². The molecule has 0 saturated carbocycles. The number of aliphatic carboxylic acids is 1. The number of benzene rings is 1. The molecule has 0 amide bonds. The van der Waals surface area contributed by atoms with Gasteiger partial charge in [0.25, 0.3) is 0 Å². The zero-order valence-electron chi connectivity index (χ0n) is 10.3. The number of carbonyl (C=O) groups is 2. The first kappa shape index (κ1) is 14.6. The lowest BCUT2D eigenvalue weighted by Gasteiger charge is -2.13. The molecule has 18 heavy (non-hydrogen) atoms. The molecule has 0 radical (unpaired) electrons. The lowest BCUT2D eigenvalue weighted by molar-refractivity contribution is -0.151. The molecule has 1 unspecified atom stereocenters. The summed E-state index contributed by atoms with van der Waals surface area (Å²) in [7, 11) is 0. The average molecular weight is 268 g/mol. The van der Waals surface area contributed by atoms with Gasteiger partial charge >= 0.3 is 11.9 Å². The van der Waals surface area contributed by atoms with Gasteiger partial charge in [-0.3, -0.25) is 9.59 Å². The van der Waals surface area contributed by atoms with E-state index in [-0.39, 0.29) is 11.9 Å². The van der Waals surface area contributed by atoms with Crippen molar-refractivity contribution in [3.63, 3.8) is 0 Å². The normalized spacial score (nSPS) is 12.2. The largest absolute Gasteiger partial charge is 0.480 e. The van der Waals surface area contributed by atoms with Crippen molar-refractivity contribution < 1.29 is 19.4 Å². The molecule has 1 N–H and O–H groups in total. The van der Waals surface area contributed by atoms with E-state index in [1.165, 1.54) is 0 Å². The van der Waals surface area contributed by atoms with Gasteiger partial charge in [0, 0.05) is 5.25 Å². The molecule has 1 atom stereocenters. The Morgan fingerprint density at radius 2 is 1.89 bits per heavy atom. The van der Waals surface area contributed by atoms with Gasteiger partial charge in [0.2, 0.25) is 0 Å². The van der Waals surface area contributed by atoms with Crippen molar-refractivity contribution in [3.05, 3.63) is 35.9 Å². The Labute approximate surface area is 110 Å². The molecule has 1 rings (SSSR count). The maximum absolute atomic E-state index is 11.7. The molecule has 1 aromatic carbocycles.